The summed E-state index contributed by atoms with van der Waals surface area (Å²) in [5.74, 6) is 0.483. The van der Waals surface area contributed by atoms with E-state index in [1.54, 1.807) is 6.20 Å². The number of carbonyl (C=O) groups excluding carboxylic acids is 1. The molecular formula is C17H20N2OS. The van der Waals surface area contributed by atoms with Gasteiger partial charge in [0.05, 0.1) is 10.3 Å². The van der Waals surface area contributed by atoms with Crippen LogP contribution in [0.1, 0.15) is 32.3 Å². The molecule has 3 nitrogen and oxygen atoms in total. The standard InChI is InChI=1S/C17H20N2OS/c1-12(2)14-7-9-15(10-8-14)19-17(20)13(3)21-16-6-4-5-11-18-16/h4-13H,1-3H3,(H,19,20). The van der Waals surface area contributed by atoms with Gasteiger partial charge in [0.1, 0.15) is 0 Å². The number of rotatable bonds is 5. The molecule has 2 aromatic rings. The first-order valence-corrected chi connectivity index (χ1v) is 7.92. The molecule has 2 rings (SSSR count). The normalized spacial score (nSPS) is 12.2. The first-order valence-electron chi connectivity index (χ1n) is 7.05. The largest absolute Gasteiger partial charge is 0.325 e. The van der Waals surface area contributed by atoms with Crippen LogP contribution in [-0.4, -0.2) is 16.1 Å². The van der Waals surface area contributed by atoms with Crippen molar-refractivity contribution in [1.82, 2.24) is 4.98 Å². The second-order valence-electron chi connectivity index (χ2n) is 5.19. The second kappa shape index (κ2) is 7.27. The summed E-state index contributed by atoms with van der Waals surface area (Å²) < 4.78 is 0. The van der Waals surface area contributed by atoms with Crippen LogP contribution in [0.5, 0.6) is 0 Å². The molecule has 1 heterocycles. The Morgan fingerprint density at radius 2 is 1.81 bits per heavy atom. The number of carbonyl (C=O) groups is 1. The van der Waals surface area contributed by atoms with E-state index < -0.39 is 0 Å². The molecule has 0 radical (unpaired) electrons. The first-order chi connectivity index (χ1) is 10.1. The minimum absolute atomic E-state index is 0.0112. The average molecular weight is 300 g/mol. The summed E-state index contributed by atoms with van der Waals surface area (Å²) in [7, 11) is 0. The number of benzene rings is 1. The molecule has 110 valence electrons. The van der Waals surface area contributed by atoms with Crippen LogP contribution < -0.4 is 5.32 Å². The van der Waals surface area contributed by atoms with Crippen LogP contribution in [0.4, 0.5) is 5.69 Å². The summed E-state index contributed by atoms with van der Waals surface area (Å²) in [4.78, 5) is 16.4. The Balaban J connectivity index is 1.94. The van der Waals surface area contributed by atoms with Crippen molar-refractivity contribution in [3.8, 4) is 0 Å². The van der Waals surface area contributed by atoms with Gasteiger partial charge in [-0.1, -0.05) is 43.8 Å². The summed E-state index contributed by atoms with van der Waals surface area (Å²) >= 11 is 1.46. The fraction of sp³-hybridized carbons (Fsp3) is 0.294. The van der Waals surface area contributed by atoms with Gasteiger partial charge in [-0.15, -0.1) is 0 Å². The molecule has 0 aliphatic rings. The molecule has 0 bridgehead atoms. The number of aromatic nitrogens is 1. The van der Waals surface area contributed by atoms with Crippen molar-refractivity contribution in [2.45, 2.75) is 37.0 Å². The Morgan fingerprint density at radius 3 is 2.38 bits per heavy atom. The van der Waals surface area contributed by atoms with Crippen molar-refractivity contribution in [1.29, 1.82) is 0 Å². The second-order valence-corrected chi connectivity index (χ2v) is 6.56. The summed E-state index contributed by atoms with van der Waals surface area (Å²) in [6.45, 7) is 6.19. The fourth-order valence-corrected chi connectivity index (χ4v) is 2.65. The first kappa shape index (κ1) is 15.6. The molecule has 1 atom stereocenters. The molecule has 1 N–H and O–H groups in total. The monoisotopic (exact) mass is 300 g/mol. The Bertz CT molecular complexity index is 581. The van der Waals surface area contributed by atoms with Gasteiger partial charge in [0.25, 0.3) is 0 Å². The number of thioether (sulfide) groups is 1. The van der Waals surface area contributed by atoms with E-state index >= 15 is 0 Å². The van der Waals surface area contributed by atoms with Gasteiger partial charge in [0, 0.05) is 11.9 Å². The maximum Gasteiger partial charge on any atom is 0.237 e. The molecule has 1 aromatic carbocycles. The molecule has 1 aromatic heterocycles. The van der Waals surface area contributed by atoms with Gasteiger partial charge >= 0.3 is 0 Å². The highest BCUT2D eigenvalue weighted by atomic mass is 32.2. The number of hydrogen-bond donors (Lipinski definition) is 1. The topological polar surface area (TPSA) is 42.0 Å². The van der Waals surface area contributed by atoms with E-state index in [4.69, 9.17) is 0 Å². The van der Waals surface area contributed by atoms with E-state index in [0.29, 0.717) is 5.92 Å². The van der Waals surface area contributed by atoms with Crippen molar-refractivity contribution >= 4 is 23.4 Å². The van der Waals surface area contributed by atoms with Crippen molar-refractivity contribution in [3.63, 3.8) is 0 Å². The van der Waals surface area contributed by atoms with E-state index in [1.165, 1.54) is 17.3 Å². The van der Waals surface area contributed by atoms with Crippen molar-refractivity contribution in [2.24, 2.45) is 0 Å². The number of nitrogens with one attached hydrogen (secondary N) is 1. The Hall–Kier alpha value is -1.81. The summed E-state index contributed by atoms with van der Waals surface area (Å²) in [6, 6.07) is 13.7. The van der Waals surface area contributed by atoms with Gasteiger partial charge in [-0.2, -0.15) is 0 Å². The van der Waals surface area contributed by atoms with Crippen molar-refractivity contribution in [3.05, 3.63) is 54.2 Å². The maximum absolute atomic E-state index is 12.2. The van der Waals surface area contributed by atoms with Crippen LogP contribution in [0.15, 0.2) is 53.7 Å². The third kappa shape index (κ3) is 4.60. The minimum atomic E-state index is -0.190. The van der Waals surface area contributed by atoms with Crippen LogP contribution >= 0.6 is 11.8 Å². The fourth-order valence-electron chi connectivity index (χ4n) is 1.85. The van der Waals surface area contributed by atoms with Crippen molar-refractivity contribution < 1.29 is 4.79 Å². The zero-order valence-corrected chi connectivity index (χ0v) is 13.4. The molecule has 4 heteroatoms. The van der Waals surface area contributed by atoms with E-state index in [0.717, 1.165) is 10.7 Å². The third-order valence-electron chi connectivity index (χ3n) is 3.15. The lowest BCUT2D eigenvalue weighted by Gasteiger charge is -2.12. The Kier molecular flexibility index (Phi) is 5.39. The van der Waals surface area contributed by atoms with Crippen LogP contribution in [0.25, 0.3) is 0 Å². The van der Waals surface area contributed by atoms with E-state index in [-0.39, 0.29) is 11.2 Å². The molecule has 0 aliphatic heterocycles. The molecule has 0 aliphatic carbocycles. The maximum atomic E-state index is 12.2. The predicted molar refractivity (Wildman–Crippen MR) is 88.7 cm³/mol. The molecule has 1 unspecified atom stereocenters. The molecule has 21 heavy (non-hydrogen) atoms. The molecule has 0 spiro atoms. The molecule has 0 saturated carbocycles. The third-order valence-corrected chi connectivity index (χ3v) is 4.20. The van der Waals surface area contributed by atoms with Gasteiger partial charge in [0.2, 0.25) is 5.91 Å². The van der Waals surface area contributed by atoms with Gasteiger partial charge in [-0.3, -0.25) is 4.79 Å². The lowest BCUT2D eigenvalue weighted by atomic mass is 10.0. The number of nitrogens with zero attached hydrogens (tertiary/aromatic N) is 1. The highest BCUT2D eigenvalue weighted by Gasteiger charge is 2.15. The lowest BCUT2D eigenvalue weighted by Crippen LogP contribution is -2.22. The average Bonchev–Trinajstić information content (AvgIpc) is 2.48. The van der Waals surface area contributed by atoms with Gasteiger partial charge in [-0.25, -0.2) is 4.98 Å². The minimum Gasteiger partial charge on any atom is -0.325 e. The Morgan fingerprint density at radius 1 is 1.10 bits per heavy atom. The van der Waals surface area contributed by atoms with Crippen LogP contribution in [-0.2, 0) is 4.79 Å². The number of hydrogen-bond acceptors (Lipinski definition) is 3. The number of pyridine rings is 1. The highest BCUT2D eigenvalue weighted by molar-refractivity contribution is 8.00. The zero-order valence-electron chi connectivity index (χ0n) is 12.5. The zero-order chi connectivity index (χ0) is 15.2. The highest BCUT2D eigenvalue weighted by Crippen LogP contribution is 2.22. The summed E-state index contributed by atoms with van der Waals surface area (Å²) in [6.07, 6.45) is 1.73. The van der Waals surface area contributed by atoms with Crippen LogP contribution in [0.3, 0.4) is 0 Å². The molecule has 1 amide bonds. The predicted octanol–water partition coefficient (Wildman–Crippen LogP) is 4.32. The number of anilines is 1. The van der Waals surface area contributed by atoms with Crippen molar-refractivity contribution in [2.75, 3.05) is 5.32 Å². The molecule has 0 saturated heterocycles. The van der Waals surface area contributed by atoms with Crippen LogP contribution in [0, 0.1) is 0 Å². The smallest absolute Gasteiger partial charge is 0.237 e. The van der Waals surface area contributed by atoms with E-state index in [2.05, 4.69) is 36.3 Å². The molecule has 0 fully saturated rings. The quantitative estimate of drug-likeness (QED) is 0.836. The lowest BCUT2D eigenvalue weighted by molar-refractivity contribution is -0.115. The SMILES string of the molecule is CC(Sc1ccccn1)C(=O)Nc1ccc(C(C)C)cc1. The number of amides is 1. The van der Waals surface area contributed by atoms with Crippen LogP contribution in [0.2, 0.25) is 0 Å². The van der Waals surface area contributed by atoms with Gasteiger partial charge in [0.15, 0.2) is 0 Å². The van der Waals surface area contributed by atoms with E-state index in [1.807, 2.05) is 37.3 Å². The van der Waals surface area contributed by atoms with Gasteiger partial charge < -0.3 is 5.32 Å². The Labute approximate surface area is 130 Å². The molecular weight excluding hydrogens is 280 g/mol. The summed E-state index contributed by atoms with van der Waals surface area (Å²) in [5, 5.41) is 3.61. The van der Waals surface area contributed by atoms with Gasteiger partial charge in [-0.05, 0) is 42.7 Å². The van der Waals surface area contributed by atoms with E-state index in [9.17, 15) is 4.79 Å². The summed E-state index contributed by atoms with van der Waals surface area (Å²) in [5.41, 5.74) is 2.10.